The average molecular weight is 123 g/mol. The van der Waals surface area contributed by atoms with Gasteiger partial charge in [0.25, 0.3) is 0 Å². The molecule has 2 rings (SSSR count). The van der Waals surface area contributed by atoms with Gasteiger partial charge in [-0.2, -0.15) is 5.10 Å². The molecule has 1 heterocycles. The summed E-state index contributed by atoms with van der Waals surface area (Å²) in [7, 11) is 0. The highest BCUT2D eigenvalue weighted by molar-refractivity contribution is 5.24. The smallest absolute Gasteiger partial charge is 0.145 e. The summed E-state index contributed by atoms with van der Waals surface area (Å²) < 4.78 is 1.94. The molecule has 0 amide bonds. The molecule has 0 saturated heterocycles. The van der Waals surface area contributed by atoms with Crippen molar-refractivity contribution >= 4 is 5.82 Å². The van der Waals surface area contributed by atoms with Gasteiger partial charge < -0.3 is 5.73 Å². The van der Waals surface area contributed by atoms with Gasteiger partial charge in [-0.1, -0.05) is 0 Å². The molecule has 1 aromatic heterocycles. The van der Waals surface area contributed by atoms with E-state index in [0.29, 0.717) is 11.9 Å². The van der Waals surface area contributed by atoms with Crippen LogP contribution in [-0.2, 0) is 0 Å². The second-order valence-electron chi connectivity index (χ2n) is 2.45. The van der Waals surface area contributed by atoms with E-state index in [4.69, 9.17) is 5.73 Å². The lowest BCUT2D eigenvalue weighted by Crippen LogP contribution is -1.94. The van der Waals surface area contributed by atoms with Gasteiger partial charge in [-0.3, -0.25) is 4.68 Å². The fourth-order valence-corrected chi connectivity index (χ4v) is 0.895. The van der Waals surface area contributed by atoms with Gasteiger partial charge in [0.15, 0.2) is 0 Å². The molecule has 0 bridgehead atoms. The second kappa shape index (κ2) is 1.50. The van der Waals surface area contributed by atoms with Crippen LogP contribution in [0.4, 0.5) is 5.82 Å². The topological polar surface area (TPSA) is 43.8 Å². The number of nitrogens with zero attached hydrogens (tertiary/aromatic N) is 2. The molecular weight excluding hydrogens is 114 g/mol. The summed E-state index contributed by atoms with van der Waals surface area (Å²) in [5.74, 6) is 0.627. The number of nitrogen functional groups attached to an aromatic ring is 1. The van der Waals surface area contributed by atoms with Crippen LogP contribution in [0, 0.1) is 0 Å². The lowest BCUT2D eigenvalue weighted by molar-refractivity contribution is 0.644. The third kappa shape index (κ3) is 0.781. The lowest BCUT2D eigenvalue weighted by atomic mass is 10.6. The van der Waals surface area contributed by atoms with Crippen LogP contribution in [0.3, 0.4) is 0 Å². The summed E-state index contributed by atoms with van der Waals surface area (Å²) in [5.41, 5.74) is 5.41. The highest BCUT2D eigenvalue weighted by Gasteiger charge is 2.23. The molecule has 0 radical (unpaired) electrons. The van der Waals surface area contributed by atoms with E-state index in [0.717, 1.165) is 0 Å². The minimum absolute atomic E-state index is 0.627. The van der Waals surface area contributed by atoms with Gasteiger partial charge in [0, 0.05) is 6.20 Å². The van der Waals surface area contributed by atoms with Crippen molar-refractivity contribution in [3.8, 4) is 0 Å². The molecule has 0 unspecified atom stereocenters. The van der Waals surface area contributed by atoms with Crippen molar-refractivity contribution in [1.82, 2.24) is 9.78 Å². The molecule has 0 spiro atoms. The molecule has 1 aromatic rings. The van der Waals surface area contributed by atoms with Gasteiger partial charge in [0.05, 0.1) is 6.04 Å². The van der Waals surface area contributed by atoms with Crippen molar-refractivity contribution in [2.75, 3.05) is 5.73 Å². The molecule has 1 saturated carbocycles. The normalized spacial score (nSPS) is 18.2. The molecule has 1 aliphatic rings. The first-order valence-corrected chi connectivity index (χ1v) is 3.17. The number of rotatable bonds is 1. The number of nitrogens with two attached hydrogens (primary N) is 1. The van der Waals surface area contributed by atoms with Gasteiger partial charge in [-0.05, 0) is 18.9 Å². The molecule has 0 aromatic carbocycles. The van der Waals surface area contributed by atoms with Crippen LogP contribution in [0.1, 0.15) is 18.9 Å². The summed E-state index contributed by atoms with van der Waals surface area (Å²) in [4.78, 5) is 0. The van der Waals surface area contributed by atoms with E-state index >= 15 is 0 Å². The Hall–Kier alpha value is -0.990. The zero-order chi connectivity index (χ0) is 6.27. The minimum atomic E-state index is 0.627. The van der Waals surface area contributed by atoms with E-state index in [-0.39, 0.29) is 0 Å². The molecule has 0 aliphatic heterocycles. The Morgan fingerprint density at radius 2 is 2.44 bits per heavy atom. The van der Waals surface area contributed by atoms with Gasteiger partial charge in [0.1, 0.15) is 5.82 Å². The highest BCUT2D eigenvalue weighted by atomic mass is 15.3. The number of aromatic nitrogens is 2. The summed E-state index contributed by atoms with van der Waals surface area (Å²) in [6, 6.07) is 2.49. The summed E-state index contributed by atoms with van der Waals surface area (Å²) in [6.45, 7) is 0. The largest absolute Gasteiger partial charge is 0.382 e. The van der Waals surface area contributed by atoms with Crippen LogP contribution >= 0.6 is 0 Å². The van der Waals surface area contributed by atoms with E-state index in [1.807, 2.05) is 16.9 Å². The Kier molecular flexibility index (Phi) is 0.806. The van der Waals surface area contributed by atoms with Crippen molar-refractivity contribution in [1.29, 1.82) is 0 Å². The Balaban J connectivity index is 2.28. The quantitative estimate of drug-likeness (QED) is 0.600. The number of hydrogen-bond acceptors (Lipinski definition) is 2. The SMILES string of the molecule is Nc1ccn(C2CC2)n1. The monoisotopic (exact) mass is 123 g/mol. The Bertz CT molecular complexity index is 212. The molecule has 1 aliphatic carbocycles. The molecular formula is C6H9N3. The van der Waals surface area contributed by atoms with E-state index in [2.05, 4.69) is 5.10 Å². The first-order chi connectivity index (χ1) is 4.36. The molecule has 3 nitrogen and oxygen atoms in total. The van der Waals surface area contributed by atoms with Crippen LogP contribution < -0.4 is 5.73 Å². The summed E-state index contributed by atoms with van der Waals surface area (Å²) in [6.07, 6.45) is 4.47. The maximum absolute atomic E-state index is 5.41. The van der Waals surface area contributed by atoms with Gasteiger partial charge in [0.2, 0.25) is 0 Å². The molecule has 1 fully saturated rings. The third-order valence-electron chi connectivity index (χ3n) is 1.55. The van der Waals surface area contributed by atoms with Gasteiger partial charge in [-0.25, -0.2) is 0 Å². The predicted molar refractivity (Wildman–Crippen MR) is 34.9 cm³/mol. The van der Waals surface area contributed by atoms with E-state index < -0.39 is 0 Å². The second-order valence-corrected chi connectivity index (χ2v) is 2.45. The maximum Gasteiger partial charge on any atom is 0.145 e. The highest BCUT2D eigenvalue weighted by Crippen LogP contribution is 2.33. The number of hydrogen-bond donors (Lipinski definition) is 1. The van der Waals surface area contributed by atoms with Crippen molar-refractivity contribution < 1.29 is 0 Å². The van der Waals surface area contributed by atoms with Gasteiger partial charge in [-0.15, -0.1) is 0 Å². The summed E-state index contributed by atoms with van der Waals surface area (Å²) in [5, 5.41) is 4.07. The maximum atomic E-state index is 5.41. The molecule has 48 valence electrons. The summed E-state index contributed by atoms with van der Waals surface area (Å²) >= 11 is 0. The number of anilines is 1. The predicted octanol–water partition coefficient (Wildman–Crippen LogP) is 0.800. The van der Waals surface area contributed by atoms with E-state index in [9.17, 15) is 0 Å². The van der Waals surface area contributed by atoms with Crippen molar-refractivity contribution in [3.05, 3.63) is 12.3 Å². The van der Waals surface area contributed by atoms with Crippen molar-refractivity contribution in [2.24, 2.45) is 0 Å². The van der Waals surface area contributed by atoms with Crippen LogP contribution in [0.2, 0.25) is 0 Å². The van der Waals surface area contributed by atoms with Crippen molar-refractivity contribution in [2.45, 2.75) is 18.9 Å². The average Bonchev–Trinajstić information content (AvgIpc) is 2.58. The minimum Gasteiger partial charge on any atom is -0.382 e. The first kappa shape index (κ1) is 4.85. The lowest BCUT2D eigenvalue weighted by Gasteiger charge is -1.91. The van der Waals surface area contributed by atoms with Crippen LogP contribution in [-0.4, -0.2) is 9.78 Å². The molecule has 3 heteroatoms. The fourth-order valence-electron chi connectivity index (χ4n) is 0.895. The first-order valence-electron chi connectivity index (χ1n) is 3.17. The molecule has 0 atom stereocenters. The standard InChI is InChI=1S/C6H9N3/c7-6-3-4-9(8-6)5-1-2-5/h3-5H,1-2H2,(H2,7,8). The molecule has 9 heavy (non-hydrogen) atoms. The zero-order valence-electron chi connectivity index (χ0n) is 5.12. The third-order valence-corrected chi connectivity index (χ3v) is 1.55. The van der Waals surface area contributed by atoms with Gasteiger partial charge >= 0.3 is 0 Å². The Morgan fingerprint density at radius 1 is 1.67 bits per heavy atom. The van der Waals surface area contributed by atoms with Crippen LogP contribution in [0.25, 0.3) is 0 Å². The van der Waals surface area contributed by atoms with Crippen molar-refractivity contribution in [3.63, 3.8) is 0 Å². The van der Waals surface area contributed by atoms with Crippen LogP contribution in [0.15, 0.2) is 12.3 Å². The Labute approximate surface area is 53.5 Å². The van der Waals surface area contributed by atoms with E-state index in [1.165, 1.54) is 12.8 Å². The van der Waals surface area contributed by atoms with Crippen LogP contribution in [0.5, 0.6) is 0 Å². The zero-order valence-corrected chi connectivity index (χ0v) is 5.12. The fraction of sp³-hybridized carbons (Fsp3) is 0.500. The van der Waals surface area contributed by atoms with E-state index in [1.54, 1.807) is 0 Å². The Morgan fingerprint density at radius 3 is 2.89 bits per heavy atom. The molecule has 2 N–H and O–H groups in total.